The van der Waals surface area contributed by atoms with E-state index in [0.29, 0.717) is 12.5 Å². The monoisotopic (exact) mass is 294 g/mol. The Kier molecular flexibility index (Phi) is 3.23. The topological polar surface area (TPSA) is 74.6 Å². The highest BCUT2D eigenvalue weighted by Crippen LogP contribution is 2.22. The molecule has 0 aliphatic carbocycles. The van der Waals surface area contributed by atoms with Crippen molar-refractivity contribution in [3.8, 4) is 17.1 Å². The molecule has 2 aromatic heterocycles. The lowest BCUT2D eigenvalue weighted by Gasteiger charge is -2.20. The predicted octanol–water partition coefficient (Wildman–Crippen LogP) is 1.65. The molecule has 1 aliphatic rings. The van der Waals surface area contributed by atoms with Gasteiger partial charge < -0.3 is 10.3 Å². The number of hydrogen-bond donors (Lipinski definition) is 1. The molecular weight excluding hydrogens is 276 g/mol. The van der Waals surface area contributed by atoms with Crippen LogP contribution in [0, 0.1) is 5.92 Å². The summed E-state index contributed by atoms with van der Waals surface area (Å²) in [7, 11) is 0. The maximum Gasteiger partial charge on any atom is 0.181 e. The van der Waals surface area contributed by atoms with E-state index >= 15 is 0 Å². The fraction of sp³-hybridized carbons (Fsp3) is 0.312. The average Bonchev–Trinajstić information content (AvgIpc) is 3.23. The molecule has 0 amide bonds. The van der Waals surface area contributed by atoms with Crippen molar-refractivity contribution >= 4 is 0 Å². The second-order valence-corrected chi connectivity index (χ2v) is 5.69. The molecule has 3 heterocycles. The molecule has 3 aromatic rings. The first-order valence-corrected chi connectivity index (χ1v) is 7.56. The van der Waals surface area contributed by atoms with Crippen LogP contribution in [0.5, 0.6) is 0 Å². The van der Waals surface area contributed by atoms with Gasteiger partial charge in [-0.3, -0.25) is 0 Å². The van der Waals surface area contributed by atoms with E-state index in [9.17, 15) is 0 Å². The van der Waals surface area contributed by atoms with Crippen LogP contribution < -0.4 is 5.73 Å². The Morgan fingerprint density at radius 3 is 2.82 bits per heavy atom. The average molecular weight is 294 g/mol. The smallest absolute Gasteiger partial charge is 0.181 e. The summed E-state index contributed by atoms with van der Waals surface area (Å²) in [5, 5.41) is 4.64. The van der Waals surface area contributed by atoms with Crippen LogP contribution in [0.3, 0.4) is 0 Å². The summed E-state index contributed by atoms with van der Waals surface area (Å²) in [6.45, 7) is 1.60. The third kappa shape index (κ3) is 2.31. The van der Waals surface area contributed by atoms with Crippen molar-refractivity contribution in [2.24, 2.45) is 11.7 Å². The van der Waals surface area contributed by atoms with Gasteiger partial charge in [0.2, 0.25) is 0 Å². The molecule has 0 spiro atoms. The van der Waals surface area contributed by atoms with Crippen LogP contribution in [0.1, 0.15) is 12.2 Å². The van der Waals surface area contributed by atoms with Crippen molar-refractivity contribution in [2.45, 2.75) is 19.4 Å². The van der Waals surface area contributed by atoms with E-state index in [1.807, 2.05) is 15.4 Å². The molecule has 0 radical (unpaired) electrons. The van der Waals surface area contributed by atoms with E-state index in [1.54, 1.807) is 12.5 Å². The number of fused-ring (bicyclic) bond motifs is 1. The first kappa shape index (κ1) is 13.2. The summed E-state index contributed by atoms with van der Waals surface area (Å²) in [6, 6.07) is 8.22. The van der Waals surface area contributed by atoms with Gasteiger partial charge in [0.1, 0.15) is 5.82 Å². The van der Waals surface area contributed by atoms with Crippen molar-refractivity contribution < 1.29 is 0 Å². The van der Waals surface area contributed by atoms with Crippen LogP contribution in [0.4, 0.5) is 0 Å². The second-order valence-electron chi connectivity index (χ2n) is 5.69. The minimum atomic E-state index is 0.519. The minimum Gasteiger partial charge on any atom is -0.330 e. The van der Waals surface area contributed by atoms with Gasteiger partial charge in [-0.2, -0.15) is 5.10 Å². The molecule has 4 rings (SSSR count). The van der Waals surface area contributed by atoms with E-state index < -0.39 is 0 Å². The normalized spacial score (nSPS) is 17.4. The minimum absolute atomic E-state index is 0.519. The molecule has 2 N–H and O–H groups in total. The number of nitrogens with zero attached hydrogens (tertiary/aromatic N) is 5. The molecule has 0 bridgehead atoms. The number of hydrogen-bond acceptors (Lipinski definition) is 4. The Hall–Kier alpha value is -2.47. The molecule has 0 fully saturated rings. The molecule has 0 saturated carbocycles. The number of imidazole rings is 1. The molecule has 6 heteroatoms. The Bertz CT molecular complexity index is 757. The number of nitrogens with two attached hydrogens (primary N) is 1. The van der Waals surface area contributed by atoms with Gasteiger partial charge >= 0.3 is 0 Å². The second kappa shape index (κ2) is 5.38. The quantitative estimate of drug-likeness (QED) is 0.797. The molecule has 22 heavy (non-hydrogen) atoms. The summed E-state index contributed by atoms with van der Waals surface area (Å²) < 4.78 is 3.99. The lowest BCUT2D eigenvalue weighted by atomic mass is 10.0. The molecule has 6 nitrogen and oxygen atoms in total. The van der Waals surface area contributed by atoms with Crippen molar-refractivity contribution in [3.63, 3.8) is 0 Å². The SMILES string of the molecule is NCC1CCc2nc(-c3ccc(-n4ccnc4)cc3)nn2C1. The third-order valence-electron chi connectivity index (χ3n) is 4.22. The first-order valence-electron chi connectivity index (χ1n) is 7.56. The summed E-state index contributed by atoms with van der Waals surface area (Å²) in [5.41, 5.74) is 7.89. The summed E-state index contributed by atoms with van der Waals surface area (Å²) in [5.74, 6) is 2.38. The van der Waals surface area contributed by atoms with E-state index in [0.717, 1.165) is 42.3 Å². The molecule has 112 valence electrons. The van der Waals surface area contributed by atoms with Gasteiger partial charge in [0.05, 0.1) is 6.33 Å². The van der Waals surface area contributed by atoms with Crippen molar-refractivity contribution in [1.29, 1.82) is 0 Å². The predicted molar refractivity (Wildman–Crippen MR) is 83.4 cm³/mol. The molecule has 1 unspecified atom stereocenters. The van der Waals surface area contributed by atoms with Gasteiger partial charge in [0.15, 0.2) is 5.82 Å². The van der Waals surface area contributed by atoms with Gasteiger partial charge in [-0.25, -0.2) is 14.6 Å². The fourth-order valence-corrected chi connectivity index (χ4v) is 2.88. The molecule has 1 aromatic carbocycles. The number of aromatic nitrogens is 5. The number of rotatable bonds is 3. The van der Waals surface area contributed by atoms with Crippen LogP contribution in [0.15, 0.2) is 43.0 Å². The van der Waals surface area contributed by atoms with Gasteiger partial charge in [-0.1, -0.05) is 0 Å². The van der Waals surface area contributed by atoms with Crippen LogP contribution >= 0.6 is 0 Å². The van der Waals surface area contributed by atoms with E-state index in [1.165, 1.54) is 0 Å². The van der Waals surface area contributed by atoms with Crippen molar-refractivity contribution in [3.05, 3.63) is 48.8 Å². The maximum atomic E-state index is 5.77. The highest BCUT2D eigenvalue weighted by atomic mass is 15.4. The zero-order chi connectivity index (χ0) is 14.9. The zero-order valence-corrected chi connectivity index (χ0v) is 12.3. The maximum absolute atomic E-state index is 5.77. The summed E-state index contributed by atoms with van der Waals surface area (Å²) in [6.07, 6.45) is 7.55. The first-order chi connectivity index (χ1) is 10.8. The molecular formula is C16H18N6. The van der Waals surface area contributed by atoms with Crippen LogP contribution in [0.2, 0.25) is 0 Å². The largest absolute Gasteiger partial charge is 0.330 e. The summed E-state index contributed by atoms with van der Waals surface area (Å²) in [4.78, 5) is 8.74. The standard InChI is InChI=1S/C16H18N6/c17-9-12-1-6-15-19-16(20-22(15)10-12)13-2-4-14(5-3-13)21-8-7-18-11-21/h2-5,7-8,11-12H,1,6,9-10,17H2. The molecule has 1 atom stereocenters. The number of aryl methyl sites for hydroxylation is 1. The Morgan fingerprint density at radius 1 is 1.23 bits per heavy atom. The molecule has 0 saturated heterocycles. The summed E-state index contributed by atoms with van der Waals surface area (Å²) >= 11 is 0. The fourth-order valence-electron chi connectivity index (χ4n) is 2.88. The van der Waals surface area contributed by atoms with Gasteiger partial charge in [0, 0.05) is 36.6 Å². The number of benzene rings is 1. The highest BCUT2D eigenvalue weighted by molar-refractivity contribution is 5.57. The highest BCUT2D eigenvalue weighted by Gasteiger charge is 2.21. The Morgan fingerprint density at radius 2 is 2.09 bits per heavy atom. The Balaban J connectivity index is 1.61. The van der Waals surface area contributed by atoms with Crippen molar-refractivity contribution in [2.75, 3.05) is 6.54 Å². The molecule has 1 aliphatic heterocycles. The van der Waals surface area contributed by atoms with Gasteiger partial charge in [-0.05, 0) is 43.1 Å². The lowest BCUT2D eigenvalue weighted by molar-refractivity contribution is 0.350. The third-order valence-corrected chi connectivity index (χ3v) is 4.22. The van der Waals surface area contributed by atoms with E-state index in [-0.39, 0.29) is 0 Å². The Labute approximate surface area is 128 Å². The van der Waals surface area contributed by atoms with Crippen molar-refractivity contribution in [1.82, 2.24) is 24.3 Å². The van der Waals surface area contributed by atoms with Gasteiger partial charge in [-0.15, -0.1) is 0 Å². The lowest BCUT2D eigenvalue weighted by Crippen LogP contribution is -2.27. The van der Waals surface area contributed by atoms with E-state index in [4.69, 9.17) is 5.73 Å². The van der Waals surface area contributed by atoms with Gasteiger partial charge in [0.25, 0.3) is 0 Å². The van der Waals surface area contributed by atoms with Crippen LogP contribution in [-0.2, 0) is 13.0 Å². The van der Waals surface area contributed by atoms with Crippen LogP contribution in [-0.4, -0.2) is 30.9 Å². The van der Waals surface area contributed by atoms with E-state index in [2.05, 4.69) is 39.3 Å². The zero-order valence-electron chi connectivity index (χ0n) is 12.3. The van der Waals surface area contributed by atoms with Crippen LogP contribution in [0.25, 0.3) is 17.1 Å².